The number of hydrogen-bond acceptors (Lipinski definition) is 6. The van der Waals surface area contributed by atoms with Crippen molar-refractivity contribution in [2.75, 3.05) is 10.0 Å². The summed E-state index contributed by atoms with van der Waals surface area (Å²) in [6.07, 6.45) is 0. The van der Waals surface area contributed by atoms with Gasteiger partial charge in [0.2, 0.25) is 0 Å². The summed E-state index contributed by atoms with van der Waals surface area (Å²) in [6, 6.07) is 13.5. The van der Waals surface area contributed by atoms with Gasteiger partial charge in [-0.05, 0) is 49.4 Å². The number of aromatic hydroxyl groups is 1. The molecule has 3 rings (SSSR count). The summed E-state index contributed by atoms with van der Waals surface area (Å²) in [6.45, 7) is 1.42. The van der Waals surface area contributed by atoms with E-state index in [9.17, 15) is 28.4 Å². The predicted octanol–water partition coefficient (Wildman–Crippen LogP) is 4.32. The van der Waals surface area contributed by atoms with Crippen molar-refractivity contribution in [3.63, 3.8) is 0 Å². The summed E-state index contributed by atoms with van der Waals surface area (Å²) in [7, 11) is -4.06. The molecule has 160 valence electrons. The number of carbonyl (C=O) groups is 1. The Kier molecular flexibility index (Phi) is 6.14. The zero-order valence-electron chi connectivity index (χ0n) is 16.0. The number of nitrogens with one attached hydrogen (secondary N) is 2. The number of amides is 1. The molecule has 0 aliphatic rings. The number of sulfonamides is 1. The van der Waals surface area contributed by atoms with Crippen molar-refractivity contribution < 1.29 is 23.2 Å². The first-order valence-corrected chi connectivity index (χ1v) is 10.6. The first kappa shape index (κ1) is 22.1. The van der Waals surface area contributed by atoms with Crippen LogP contribution in [-0.4, -0.2) is 24.4 Å². The van der Waals surface area contributed by atoms with E-state index in [-0.39, 0.29) is 38.8 Å². The molecule has 0 saturated heterocycles. The molecule has 0 spiro atoms. The molecule has 3 N–H and O–H groups in total. The van der Waals surface area contributed by atoms with E-state index >= 15 is 0 Å². The van der Waals surface area contributed by atoms with Crippen LogP contribution in [0.2, 0.25) is 5.02 Å². The van der Waals surface area contributed by atoms with Crippen molar-refractivity contribution in [3.8, 4) is 5.75 Å². The third-order valence-electron chi connectivity index (χ3n) is 4.35. The fourth-order valence-corrected chi connectivity index (χ4v) is 4.07. The number of phenolic OH excluding ortho intramolecular Hbond substituents is 1. The van der Waals surface area contributed by atoms with E-state index in [1.165, 1.54) is 37.3 Å². The molecule has 0 saturated carbocycles. The molecule has 31 heavy (non-hydrogen) atoms. The lowest BCUT2D eigenvalue weighted by atomic mass is 10.1. The van der Waals surface area contributed by atoms with E-state index in [2.05, 4.69) is 10.0 Å². The average Bonchev–Trinajstić information content (AvgIpc) is 2.69. The molecule has 0 unspecified atom stereocenters. The van der Waals surface area contributed by atoms with Gasteiger partial charge < -0.3 is 10.4 Å². The molecular formula is C20H16ClN3O6S. The molecule has 0 atom stereocenters. The van der Waals surface area contributed by atoms with Gasteiger partial charge >= 0.3 is 0 Å². The third kappa shape index (κ3) is 4.93. The average molecular weight is 462 g/mol. The molecule has 0 fully saturated rings. The van der Waals surface area contributed by atoms with Gasteiger partial charge in [-0.3, -0.25) is 19.6 Å². The molecule has 0 aliphatic heterocycles. The van der Waals surface area contributed by atoms with Crippen LogP contribution in [0.4, 0.5) is 17.1 Å². The Morgan fingerprint density at radius 1 is 1.10 bits per heavy atom. The molecular weight excluding hydrogens is 446 g/mol. The summed E-state index contributed by atoms with van der Waals surface area (Å²) in [5.41, 5.74) is -0.0306. The third-order valence-corrected chi connectivity index (χ3v) is 5.96. The minimum absolute atomic E-state index is 0.0129. The molecule has 0 heterocycles. The fraction of sp³-hybridized carbons (Fsp3) is 0.0500. The van der Waals surface area contributed by atoms with Gasteiger partial charge in [0.1, 0.15) is 5.75 Å². The lowest BCUT2D eigenvalue weighted by Gasteiger charge is -2.12. The van der Waals surface area contributed by atoms with Crippen molar-refractivity contribution in [3.05, 3.63) is 86.9 Å². The van der Waals surface area contributed by atoms with Gasteiger partial charge in [-0.1, -0.05) is 23.7 Å². The number of hydrogen-bond donors (Lipinski definition) is 3. The second-order valence-electron chi connectivity index (χ2n) is 6.46. The maximum atomic E-state index is 12.7. The minimum Gasteiger partial charge on any atom is -0.506 e. The maximum Gasteiger partial charge on any atom is 0.273 e. The second kappa shape index (κ2) is 8.62. The number of anilines is 2. The number of nitro groups is 1. The smallest absolute Gasteiger partial charge is 0.273 e. The van der Waals surface area contributed by atoms with Gasteiger partial charge in [-0.25, -0.2) is 8.42 Å². The number of nitro benzene ring substituents is 1. The van der Waals surface area contributed by atoms with E-state index in [1.807, 2.05) is 0 Å². The largest absolute Gasteiger partial charge is 0.506 e. The van der Waals surface area contributed by atoms with Gasteiger partial charge in [-0.2, -0.15) is 0 Å². The highest BCUT2D eigenvalue weighted by Gasteiger charge is 2.21. The summed E-state index contributed by atoms with van der Waals surface area (Å²) >= 11 is 5.87. The molecule has 9 nitrogen and oxygen atoms in total. The second-order valence-corrected chi connectivity index (χ2v) is 8.57. The number of carbonyl (C=O) groups excluding carboxylic acids is 1. The molecule has 0 bridgehead atoms. The van der Waals surface area contributed by atoms with Crippen LogP contribution >= 0.6 is 11.6 Å². The number of halogens is 1. The van der Waals surface area contributed by atoms with Gasteiger partial charge in [-0.15, -0.1) is 0 Å². The van der Waals surface area contributed by atoms with Crippen LogP contribution in [0.25, 0.3) is 0 Å². The molecule has 3 aromatic carbocycles. The van der Waals surface area contributed by atoms with Crippen molar-refractivity contribution in [2.45, 2.75) is 11.8 Å². The molecule has 11 heteroatoms. The normalized spacial score (nSPS) is 11.0. The van der Waals surface area contributed by atoms with Crippen LogP contribution in [0.5, 0.6) is 5.75 Å². The summed E-state index contributed by atoms with van der Waals surface area (Å²) in [5.74, 6) is -1.12. The maximum absolute atomic E-state index is 12.7. The van der Waals surface area contributed by atoms with Crippen LogP contribution in [0.15, 0.2) is 65.6 Å². The minimum atomic E-state index is -4.06. The predicted molar refractivity (Wildman–Crippen MR) is 116 cm³/mol. The van der Waals surface area contributed by atoms with Crippen LogP contribution in [-0.2, 0) is 10.0 Å². The summed E-state index contributed by atoms with van der Waals surface area (Å²) in [4.78, 5) is 22.9. The van der Waals surface area contributed by atoms with Crippen molar-refractivity contribution >= 4 is 44.6 Å². The molecule has 0 radical (unpaired) electrons. The number of nitrogens with zero attached hydrogens (tertiary/aromatic N) is 1. The number of benzene rings is 3. The van der Waals surface area contributed by atoms with Crippen LogP contribution < -0.4 is 10.0 Å². The van der Waals surface area contributed by atoms with Crippen LogP contribution in [0.3, 0.4) is 0 Å². The van der Waals surface area contributed by atoms with Gasteiger partial charge in [0.05, 0.1) is 21.2 Å². The Morgan fingerprint density at radius 2 is 1.81 bits per heavy atom. The van der Waals surface area contributed by atoms with Gasteiger partial charge in [0.15, 0.2) is 0 Å². The zero-order chi connectivity index (χ0) is 22.8. The SMILES string of the molecule is Cc1c(C(=O)Nc2cc(S(=O)(=O)Nc3cccc(Cl)c3)ccc2O)cccc1[N+](=O)[O-]. The highest BCUT2D eigenvalue weighted by atomic mass is 35.5. The Morgan fingerprint density at radius 3 is 2.48 bits per heavy atom. The van der Waals surface area contributed by atoms with E-state index in [0.29, 0.717) is 5.02 Å². The fourth-order valence-electron chi connectivity index (χ4n) is 2.81. The van der Waals surface area contributed by atoms with Gasteiger partial charge in [0.25, 0.3) is 21.6 Å². The van der Waals surface area contributed by atoms with Crippen molar-refractivity contribution in [2.24, 2.45) is 0 Å². The van der Waals surface area contributed by atoms with E-state index in [1.54, 1.807) is 12.1 Å². The van der Waals surface area contributed by atoms with Crippen molar-refractivity contribution in [1.29, 1.82) is 0 Å². The lowest BCUT2D eigenvalue weighted by Crippen LogP contribution is -2.16. The first-order valence-electron chi connectivity index (χ1n) is 8.75. The van der Waals surface area contributed by atoms with Crippen molar-refractivity contribution in [1.82, 2.24) is 0 Å². The molecule has 0 aromatic heterocycles. The standard InChI is InChI=1S/C20H16ClN3O6S/c1-12-16(6-3-7-18(12)24(27)28)20(26)22-17-11-15(8-9-19(17)25)31(29,30)23-14-5-2-4-13(21)10-14/h2-11,23,25H,1H3,(H,22,26). The zero-order valence-corrected chi connectivity index (χ0v) is 17.6. The van der Waals surface area contributed by atoms with Crippen LogP contribution in [0, 0.1) is 17.0 Å². The Hall–Kier alpha value is -3.63. The first-order chi connectivity index (χ1) is 14.6. The Bertz CT molecular complexity index is 1290. The highest BCUT2D eigenvalue weighted by molar-refractivity contribution is 7.92. The Balaban J connectivity index is 1.90. The van der Waals surface area contributed by atoms with Gasteiger partial charge in [0, 0.05) is 22.2 Å². The molecule has 0 aliphatic carbocycles. The van der Waals surface area contributed by atoms with E-state index in [4.69, 9.17) is 11.6 Å². The lowest BCUT2D eigenvalue weighted by molar-refractivity contribution is -0.385. The van der Waals surface area contributed by atoms with Crippen LogP contribution in [0.1, 0.15) is 15.9 Å². The Labute approximate surface area is 182 Å². The molecule has 3 aromatic rings. The topological polar surface area (TPSA) is 139 Å². The summed E-state index contributed by atoms with van der Waals surface area (Å²) < 4.78 is 27.7. The quantitative estimate of drug-likeness (QED) is 0.284. The highest BCUT2D eigenvalue weighted by Crippen LogP contribution is 2.29. The van der Waals surface area contributed by atoms with E-state index in [0.717, 1.165) is 18.2 Å². The number of phenols is 1. The number of rotatable bonds is 6. The summed E-state index contributed by atoms with van der Waals surface area (Å²) in [5, 5.41) is 23.9. The molecule has 1 amide bonds. The van der Waals surface area contributed by atoms with E-state index < -0.39 is 20.9 Å². The monoisotopic (exact) mass is 461 g/mol.